The van der Waals surface area contributed by atoms with Crippen LogP contribution in [-0.2, 0) is 5.41 Å². The second-order valence-electron chi connectivity index (χ2n) is 13.2. The van der Waals surface area contributed by atoms with E-state index in [0.717, 1.165) is 12.5 Å². The zero-order valence-corrected chi connectivity index (χ0v) is 26.9. The average Bonchev–Trinajstić information content (AvgIpc) is 3.65. The molecule has 5 aromatic carbocycles. The molecule has 0 N–H and O–H groups in total. The van der Waals surface area contributed by atoms with Crippen LogP contribution in [0.3, 0.4) is 0 Å². The number of aromatic nitrogens is 2. The first-order valence-electron chi connectivity index (χ1n) is 16.2. The highest BCUT2D eigenvalue weighted by Crippen LogP contribution is 2.45. The Morgan fingerprint density at radius 1 is 0.587 bits per heavy atom. The maximum atomic E-state index is 4.87. The van der Waals surface area contributed by atoms with Crippen LogP contribution in [0.4, 0.5) is 22.7 Å². The van der Waals surface area contributed by atoms with Gasteiger partial charge in [0, 0.05) is 33.8 Å². The molecule has 0 fully saturated rings. The summed E-state index contributed by atoms with van der Waals surface area (Å²) in [6.45, 7) is 9.92. The first-order valence-corrected chi connectivity index (χ1v) is 16.2. The van der Waals surface area contributed by atoms with Crippen LogP contribution in [0, 0.1) is 0 Å². The minimum Gasteiger partial charge on any atom is -0.321 e. The van der Waals surface area contributed by atoms with Crippen LogP contribution in [0.2, 0.25) is 0 Å². The molecule has 0 saturated heterocycles. The van der Waals surface area contributed by atoms with Crippen LogP contribution in [-0.4, -0.2) is 16.2 Å². The lowest BCUT2D eigenvalue weighted by Gasteiger charge is -2.29. The van der Waals surface area contributed by atoms with Crippen LogP contribution in [0.1, 0.15) is 50.3 Å². The quantitative estimate of drug-likeness (QED) is 0.190. The number of hydrogen-bond acceptors (Lipinski definition) is 3. The van der Waals surface area contributed by atoms with Gasteiger partial charge in [-0.25, -0.2) is 4.98 Å². The molecular weight excluding hydrogens is 560 g/mol. The van der Waals surface area contributed by atoms with Crippen LogP contribution in [0.15, 0.2) is 140 Å². The van der Waals surface area contributed by atoms with E-state index in [1.165, 1.54) is 61.2 Å². The predicted octanol–water partition coefficient (Wildman–Crippen LogP) is 10.9. The monoisotopic (exact) mass is 598 g/mol. The number of pyridine rings is 1. The summed E-state index contributed by atoms with van der Waals surface area (Å²) >= 11 is 0. The van der Waals surface area contributed by atoms with E-state index in [1.54, 1.807) is 0 Å². The van der Waals surface area contributed by atoms with Gasteiger partial charge in [0.25, 0.3) is 0 Å². The Morgan fingerprint density at radius 3 is 2.02 bits per heavy atom. The minimum absolute atomic E-state index is 0.239. The number of nitrogens with zero attached hydrogens (tertiary/aromatic N) is 4. The Morgan fingerprint density at radius 2 is 1.24 bits per heavy atom. The number of rotatable bonds is 6. The summed E-state index contributed by atoms with van der Waals surface area (Å²) < 4.78 is 2.34. The standard InChI is InChI=1S/C42H38N4/c1-29(2)30-23-24-43-41(25-30)46-37-18-9-8-17-35(37)36-22-21-32(27-40(36)46)42(3,4)31-13-12-16-34(26-31)45-28-44(33-14-6-5-7-15-33)38-19-10-11-20-39(38)45/h5-27,29H,28H2,1-4H3. The highest BCUT2D eigenvalue weighted by atomic mass is 15.4. The molecule has 0 unspecified atom stereocenters. The van der Waals surface area contributed by atoms with Gasteiger partial charge in [0.1, 0.15) is 12.5 Å². The van der Waals surface area contributed by atoms with Crippen molar-refractivity contribution in [2.75, 3.05) is 16.5 Å². The molecular formula is C42H38N4. The molecule has 0 aliphatic carbocycles. The van der Waals surface area contributed by atoms with Crippen molar-refractivity contribution in [1.29, 1.82) is 0 Å². The van der Waals surface area contributed by atoms with Crippen LogP contribution in [0.25, 0.3) is 27.6 Å². The molecule has 1 aliphatic heterocycles. The van der Waals surface area contributed by atoms with Crippen molar-refractivity contribution in [3.05, 3.63) is 156 Å². The molecule has 1 aliphatic rings. The van der Waals surface area contributed by atoms with E-state index < -0.39 is 0 Å². The lowest BCUT2D eigenvalue weighted by atomic mass is 9.77. The van der Waals surface area contributed by atoms with Gasteiger partial charge in [-0.2, -0.15) is 0 Å². The molecule has 8 rings (SSSR count). The van der Waals surface area contributed by atoms with E-state index in [9.17, 15) is 0 Å². The Kier molecular flexibility index (Phi) is 6.68. The number of hydrogen-bond donors (Lipinski definition) is 0. The van der Waals surface area contributed by atoms with Crippen molar-refractivity contribution in [3.63, 3.8) is 0 Å². The summed E-state index contributed by atoms with van der Waals surface area (Å²) in [6.07, 6.45) is 1.94. The van der Waals surface area contributed by atoms with Gasteiger partial charge < -0.3 is 9.80 Å². The molecule has 0 radical (unpaired) electrons. The zero-order valence-electron chi connectivity index (χ0n) is 26.9. The zero-order chi connectivity index (χ0) is 31.4. The predicted molar refractivity (Wildman–Crippen MR) is 193 cm³/mol. The molecule has 0 amide bonds. The first kappa shape index (κ1) is 28.1. The van der Waals surface area contributed by atoms with Crippen molar-refractivity contribution in [1.82, 2.24) is 9.55 Å². The normalized spacial score (nSPS) is 13.2. The fourth-order valence-electron chi connectivity index (χ4n) is 7.01. The minimum atomic E-state index is -0.239. The van der Waals surface area contributed by atoms with Gasteiger partial charge in [-0.15, -0.1) is 0 Å². The fraction of sp³-hybridized carbons (Fsp3) is 0.167. The van der Waals surface area contributed by atoms with Gasteiger partial charge in [0.05, 0.1) is 22.4 Å². The molecule has 7 aromatic rings. The maximum absolute atomic E-state index is 4.87. The SMILES string of the molecule is CC(C)c1ccnc(-n2c3ccccc3c3ccc(C(C)(C)c4cccc(N5CN(c6ccccc6)c6ccccc65)c4)cc32)c1. The maximum Gasteiger partial charge on any atom is 0.137 e. The summed E-state index contributed by atoms with van der Waals surface area (Å²) in [6, 6.07) is 48.5. The highest BCUT2D eigenvalue weighted by molar-refractivity contribution is 6.09. The molecule has 46 heavy (non-hydrogen) atoms. The number of anilines is 4. The van der Waals surface area contributed by atoms with E-state index in [4.69, 9.17) is 4.98 Å². The topological polar surface area (TPSA) is 24.3 Å². The third kappa shape index (κ3) is 4.56. The fourth-order valence-corrected chi connectivity index (χ4v) is 7.01. The lowest BCUT2D eigenvalue weighted by molar-refractivity contribution is 0.641. The summed E-state index contributed by atoms with van der Waals surface area (Å²) in [7, 11) is 0. The summed E-state index contributed by atoms with van der Waals surface area (Å²) in [5, 5.41) is 2.49. The molecule has 0 atom stereocenters. The largest absolute Gasteiger partial charge is 0.321 e. The molecule has 0 bridgehead atoms. The molecule has 4 heteroatoms. The van der Waals surface area contributed by atoms with E-state index in [2.05, 4.69) is 176 Å². The molecule has 0 saturated carbocycles. The van der Waals surface area contributed by atoms with Crippen LogP contribution < -0.4 is 9.80 Å². The van der Waals surface area contributed by atoms with Crippen LogP contribution >= 0.6 is 0 Å². The van der Waals surface area contributed by atoms with Crippen LogP contribution in [0.5, 0.6) is 0 Å². The molecule has 3 heterocycles. The number of benzene rings is 5. The van der Waals surface area contributed by atoms with Crippen molar-refractivity contribution in [2.45, 2.75) is 39.0 Å². The smallest absolute Gasteiger partial charge is 0.137 e. The van der Waals surface area contributed by atoms with Gasteiger partial charge >= 0.3 is 0 Å². The number of fused-ring (bicyclic) bond motifs is 4. The first-order chi connectivity index (χ1) is 22.4. The van der Waals surface area contributed by atoms with Crippen molar-refractivity contribution >= 4 is 44.6 Å². The van der Waals surface area contributed by atoms with E-state index in [0.29, 0.717) is 5.92 Å². The van der Waals surface area contributed by atoms with Gasteiger partial charge in [-0.1, -0.05) is 100 Å². The van der Waals surface area contributed by atoms with Crippen molar-refractivity contribution in [2.24, 2.45) is 0 Å². The van der Waals surface area contributed by atoms with Gasteiger partial charge in [-0.05, 0) is 83.3 Å². The number of para-hydroxylation sites is 4. The van der Waals surface area contributed by atoms with E-state index >= 15 is 0 Å². The van der Waals surface area contributed by atoms with Gasteiger partial charge in [-0.3, -0.25) is 4.57 Å². The van der Waals surface area contributed by atoms with E-state index in [1.807, 2.05) is 6.20 Å². The Labute approximate surface area is 271 Å². The Balaban J connectivity index is 1.22. The molecule has 0 spiro atoms. The second kappa shape index (κ2) is 10.9. The summed E-state index contributed by atoms with van der Waals surface area (Å²) in [5.41, 5.74) is 10.8. The molecule has 226 valence electrons. The average molecular weight is 599 g/mol. The Hall–Kier alpha value is -5.35. The van der Waals surface area contributed by atoms with Gasteiger partial charge in [0.15, 0.2) is 0 Å². The molecule has 4 nitrogen and oxygen atoms in total. The summed E-state index contributed by atoms with van der Waals surface area (Å²) in [5.74, 6) is 1.39. The van der Waals surface area contributed by atoms with E-state index in [-0.39, 0.29) is 5.41 Å². The second-order valence-corrected chi connectivity index (χ2v) is 13.2. The highest BCUT2D eigenvalue weighted by Gasteiger charge is 2.30. The summed E-state index contributed by atoms with van der Waals surface area (Å²) in [4.78, 5) is 9.69. The van der Waals surface area contributed by atoms with Crippen molar-refractivity contribution in [3.8, 4) is 5.82 Å². The van der Waals surface area contributed by atoms with Gasteiger partial charge in [0.2, 0.25) is 0 Å². The Bertz CT molecular complexity index is 2210. The molecule has 2 aromatic heterocycles. The van der Waals surface area contributed by atoms with Crippen molar-refractivity contribution < 1.29 is 0 Å². The third-order valence-corrected chi connectivity index (χ3v) is 9.75. The lowest BCUT2D eigenvalue weighted by Crippen LogP contribution is -2.25. The third-order valence-electron chi connectivity index (χ3n) is 9.75.